The normalized spacial score (nSPS) is 22.7. The standard InChI is InChI=1S/C15H22N2OS2/c18-15(13-2-9-20-12-13)17-6-1-5-16(7-8-17)14-3-10-19-11-4-14/h2,9,12,14H,1,3-8,10-11H2. The number of rotatable bonds is 2. The number of amides is 1. The van der Waals surface area contributed by atoms with Crippen LogP contribution in [0.2, 0.25) is 0 Å². The molecule has 3 heterocycles. The quantitative estimate of drug-likeness (QED) is 0.839. The molecule has 20 heavy (non-hydrogen) atoms. The molecule has 0 unspecified atom stereocenters. The molecule has 110 valence electrons. The van der Waals surface area contributed by atoms with Crippen molar-refractivity contribution in [3.63, 3.8) is 0 Å². The maximum atomic E-state index is 12.4. The first-order chi connectivity index (χ1) is 9.84. The van der Waals surface area contributed by atoms with Gasteiger partial charge in [-0.3, -0.25) is 9.69 Å². The molecule has 1 aromatic heterocycles. The van der Waals surface area contributed by atoms with Crippen LogP contribution in [0.1, 0.15) is 29.6 Å². The second-order valence-corrected chi connectivity index (χ2v) is 7.54. The monoisotopic (exact) mass is 310 g/mol. The molecule has 0 spiro atoms. The van der Waals surface area contributed by atoms with Crippen molar-refractivity contribution >= 4 is 29.0 Å². The molecule has 0 saturated carbocycles. The van der Waals surface area contributed by atoms with Gasteiger partial charge in [0.25, 0.3) is 5.91 Å². The summed E-state index contributed by atoms with van der Waals surface area (Å²) in [6.07, 6.45) is 3.76. The Morgan fingerprint density at radius 3 is 2.75 bits per heavy atom. The highest BCUT2D eigenvalue weighted by molar-refractivity contribution is 7.99. The van der Waals surface area contributed by atoms with Gasteiger partial charge in [-0.05, 0) is 42.2 Å². The number of nitrogens with zero attached hydrogens (tertiary/aromatic N) is 2. The predicted molar refractivity (Wildman–Crippen MR) is 86.8 cm³/mol. The van der Waals surface area contributed by atoms with Crippen LogP contribution in [0.3, 0.4) is 0 Å². The number of hydrogen-bond acceptors (Lipinski definition) is 4. The second kappa shape index (κ2) is 6.96. The van der Waals surface area contributed by atoms with Crippen LogP contribution >= 0.6 is 23.1 Å². The van der Waals surface area contributed by atoms with Crippen LogP contribution in [0.25, 0.3) is 0 Å². The lowest BCUT2D eigenvalue weighted by Gasteiger charge is -2.33. The van der Waals surface area contributed by atoms with Gasteiger partial charge in [-0.1, -0.05) is 0 Å². The molecule has 0 aromatic carbocycles. The molecule has 2 saturated heterocycles. The van der Waals surface area contributed by atoms with Gasteiger partial charge >= 0.3 is 0 Å². The Morgan fingerprint density at radius 2 is 2.00 bits per heavy atom. The highest BCUT2D eigenvalue weighted by atomic mass is 32.2. The summed E-state index contributed by atoms with van der Waals surface area (Å²) in [5, 5.41) is 3.94. The zero-order chi connectivity index (χ0) is 13.8. The fourth-order valence-corrected chi connectivity index (χ4v) is 4.84. The maximum absolute atomic E-state index is 12.4. The van der Waals surface area contributed by atoms with Gasteiger partial charge in [0.15, 0.2) is 0 Å². The number of thioether (sulfide) groups is 1. The van der Waals surface area contributed by atoms with Crippen LogP contribution in [0.4, 0.5) is 0 Å². The highest BCUT2D eigenvalue weighted by Crippen LogP contribution is 2.23. The molecular weight excluding hydrogens is 288 g/mol. The molecule has 2 aliphatic heterocycles. The number of thiophene rings is 1. The molecule has 2 fully saturated rings. The molecular formula is C15H22N2OS2. The van der Waals surface area contributed by atoms with Crippen molar-refractivity contribution in [1.29, 1.82) is 0 Å². The second-order valence-electron chi connectivity index (χ2n) is 5.54. The van der Waals surface area contributed by atoms with Gasteiger partial charge in [0.2, 0.25) is 0 Å². The summed E-state index contributed by atoms with van der Waals surface area (Å²) in [5.74, 6) is 2.82. The zero-order valence-electron chi connectivity index (χ0n) is 11.8. The Bertz CT molecular complexity index is 429. The third kappa shape index (κ3) is 3.38. The van der Waals surface area contributed by atoms with Crippen molar-refractivity contribution in [3.05, 3.63) is 22.4 Å². The molecule has 2 aliphatic rings. The van der Waals surface area contributed by atoms with Crippen LogP contribution in [0.15, 0.2) is 16.8 Å². The molecule has 1 aromatic rings. The molecule has 1 amide bonds. The van der Waals surface area contributed by atoms with Gasteiger partial charge in [-0.2, -0.15) is 23.1 Å². The summed E-state index contributed by atoms with van der Waals surface area (Å²) in [6, 6.07) is 2.70. The zero-order valence-corrected chi connectivity index (χ0v) is 13.4. The molecule has 5 heteroatoms. The summed E-state index contributed by atoms with van der Waals surface area (Å²) in [4.78, 5) is 17.1. The van der Waals surface area contributed by atoms with E-state index in [4.69, 9.17) is 0 Å². The molecule has 3 nitrogen and oxygen atoms in total. The lowest BCUT2D eigenvalue weighted by atomic mass is 10.1. The SMILES string of the molecule is O=C(c1ccsc1)N1CCCN(C2CCSCC2)CC1. The maximum Gasteiger partial charge on any atom is 0.254 e. The van der Waals surface area contributed by atoms with Gasteiger partial charge in [-0.25, -0.2) is 0 Å². The topological polar surface area (TPSA) is 23.6 Å². The van der Waals surface area contributed by atoms with Gasteiger partial charge < -0.3 is 4.90 Å². The Balaban J connectivity index is 1.57. The van der Waals surface area contributed by atoms with Crippen LogP contribution in [0.5, 0.6) is 0 Å². The molecule has 0 atom stereocenters. The van der Waals surface area contributed by atoms with Crippen LogP contribution in [0, 0.1) is 0 Å². The first kappa shape index (κ1) is 14.4. The smallest absolute Gasteiger partial charge is 0.254 e. The summed E-state index contributed by atoms with van der Waals surface area (Å²) in [6.45, 7) is 4.00. The van der Waals surface area contributed by atoms with Crippen molar-refractivity contribution < 1.29 is 4.79 Å². The highest BCUT2D eigenvalue weighted by Gasteiger charge is 2.25. The summed E-state index contributed by atoms with van der Waals surface area (Å²) >= 11 is 3.68. The number of carbonyl (C=O) groups excluding carboxylic acids is 1. The van der Waals surface area contributed by atoms with Crippen molar-refractivity contribution in [2.24, 2.45) is 0 Å². The van der Waals surface area contributed by atoms with E-state index in [1.54, 1.807) is 11.3 Å². The minimum Gasteiger partial charge on any atom is -0.337 e. The third-order valence-corrected chi connectivity index (χ3v) is 6.03. The van der Waals surface area contributed by atoms with E-state index in [1.165, 1.54) is 24.3 Å². The van der Waals surface area contributed by atoms with Crippen molar-refractivity contribution in [2.75, 3.05) is 37.7 Å². The minimum absolute atomic E-state index is 0.215. The van der Waals surface area contributed by atoms with Crippen molar-refractivity contribution in [1.82, 2.24) is 9.80 Å². The number of hydrogen-bond donors (Lipinski definition) is 0. The molecule has 0 N–H and O–H groups in total. The van der Waals surface area contributed by atoms with E-state index in [0.29, 0.717) is 0 Å². The molecule has 0 radical (unpaired) electrons. The van der Waals surface area contributed by atoms with Crippen LogP contribution < -0.4 is 0 Å². The van der Waals surface area contributed by atoms with E-state index in [0.717, 1.165) is 44.2 Å². The van der Waals surface area contributed by atoms with E-state index in [1.807, 2.05) is 21.7 Å². The lowest BCUT2D eigenvalue weighted by molar-refractivity contribution is 0.0758. The third-order valence-electron chi connectivity index (χ3n) is 4.29. The molecule has 3 rings (SSSR count). The average molecular weight is 310 g/mol. The van der Waals surface area contributed by atoms with E-state index >= 15 is 0 Å². The van der Waals surface area contributed by atoms with Gasteiger partial charge in [0, 0.05) is 37.6 Å². The van der Waals surface area contributed by atoms with Gasteiger partial charge in [0.1, 0.15) is 0 Å². The Kier molecular flexibility index (Phi) is 5.02. The van der Waals surface area contributed by atoms with E-state index in [2.05, 4.69) is 16.7 Å². The van der Waals surface area contributed by atoms with E-state index in [9.17, 15) is 4.79 Å². The fourth-order valence-electron chi connectivity index (χ4n) is 3.12. The Labute approximate surface area is 129 Å². The van der Waals surface area contributed by atoms with Crippen molar-refractivity contribution in [3.8, 4) is 0 Å². The van der Waals surface area contributed by atoms with Crippen LogP contribution in [-0.2, 0) is 0 Å². The van der Waals surface area contributed by atoms with E-state index in [-0.39, 0.29) is 5.91 Å². The number of carbonyl (C=O) groups is 1. The van der Waals surface area contributed by atoms with Crippen LogP contribution in [-0.4, -0.2) is 59.4 Å². The van der Waals surface area contributed by atoms with Gasteiger partial charge in [0.05, 0.1) is 5.56 Å². The van der Waals surface area contributed by atoms with E-state index < -0.39 is 0 Å². The Hall–Kier alpha value is -0.520. The summed E-state index contributed by atoms with van der Waals surface area (Å²) in [5.41, 5.74) is 0.859. The fraction of sp³-hybridized carbons (Fsp3) is 0.667. The minimum atomic E-state index is 0.215. The van der Waals surface area contributed by atoms with Crippen molar-refractivity contribution in [2.45, 2.75) is 25.3 Å². The Morgan fingerprint density at radius 1 is 1.15 bits per heavy atom. The average Bonchev–Trinajstić information content (AvgIpc) is 2.92. The molecule has 0 aliphatic carbocycles. The first-order valence-electron chi connectivity index (χ1n) is 7.48. The summed E-state index contributed by atoms with van der Waals surface area (Å²) < 4.78 is 0. The first-order valence-corrected chi connectivity index (χ1v) is 9.57. The molecule has 0 bridgehead atoms. The lowest BCUT2D eigenvalue weighted by Crippen LogP contribution is -2.41. The largest absolute Gasteiger partial charge is 0.337 e. The summed E-state index contributed by atoms with van der Waals surface area (Å²) in [7, 11) is 0. The van der Waals surface area contributed by atoms with Gasteiger partial charge in [-0.15, -0.1) is 0 Å². The predicted octanol–water partition coefficient (Wildman–Crippen LogP) is 2.79.